The van der Waals surface area contributed by atoms with Gasteiger partial charge in [0.15, 0.2) is 22.9 Å². The Balaban J connectivity index is 2.96. The third-order valence-electron chi connectivity index (χ3n) is 4.62. The Kier molecular flexibility index (Phi) is 6.49. The van der Waals surface area contributed by atoms with E-state index in [1.807, 2.05) is 0 Å². The molecule has 0 saturated carbocycles. The Bertz CT molecular complexity index is 360. The van der Waals surface area contributed by atoms with E-state index in [0.717, 1.165) is 6.42 Å². The highest BCUT2D eigenvalue weighted by molar-refractivity contribution is 6.74. The van der Waals surface area contributed by atoms with Crippen molar-refractivity contribution in [2.45, 2.75) is 96.5 Å². The second-order valence-corrected chi connectivity index (χ2v) is 18.1. The lowest BCUT2D eigenvalue weighted by Crippen LogP contribution is -2.57. The third kappa shape index (κ3) is 5.42. The van der Waals surface area contributed by atoms with Crippen molar-refractivity contribution in [2.75, 3.05) is 7.11 Å². The maximum absolute atomic E-state index is 6.66. The molecule has 22 heavy (non-hydrogen) atoms. The van der Waals surface area contributed by atoms with Gasteiger partial charge in [-0.2, -0.15) is 0 Å². The zero-order valence-corrected chi connectivity index (χ0v) is 18.1. The minimum Gasteiger partial charge on any atom is -0.412 e. The van der Waals surface area contributed by atoms with Gasteiger partial charge in [0, 0.05) is 13.5 Å². The molecule has 0 radical (unpaired) electrons. The van der Waals surface area contributed by atoms with Crippen LogP contribution in [0.3, 0.4) is 0 Å². The van der Waals surface area contributed by atoms with E-state index in [0.29, 0.717) is 0 Å². The van der Waals surface area contributed by atoms with Crippen molar-refractivity contribution in [1.29, 1.82) is 0 Å². The van der Waals surface area contributed by atoms with Crippen LogP contribution in [-0.2, 0) is 18.3 Å². The van der Waals surface area contributed by atoms with E-state index in [2.05, 4.69) is 60.4 Å². The van der Waals surface area contributed by atoms with Crippen LogP contribution in [0.4, 0.5) is 0 Å². The molecule has 0 aliphatic carbocycles. The smallest absolute Gasteiger partial charge is 0.192 e. The normalized spacial score (nSPS) is 31.4. The summed E-state index contributed by atoms with van der Waals surface area (Å²) < 4.78 is 24.5. The van der Waals surface area contributed by atoms with Crippen LogP contribution in [0.1, 0.15) is 34.1 Å². The molecule has 1 heterocycles. The van der Waals surface area contributed by atoms with Crippen LogP contribution in [0, 0.1) is 0 Å². The third-order valence-corrected chi connectivity index (χ3v) is 10.1. The van der Waals surface area contributed by atoms with Gasteiger partial charge in [0.2, 0.25) is 0 Å². The number of ether oxygens (including phenoxy) is 2. The van der Waals surface area contributed by atoms with Gasteiger partial charge in [-0.3, -0.25) is 0 Å². The lowest BCUT2D eigenvalue weighted by atomic mass is 10.0. The molecule has 6 heteroatoms. The molecule has 1 rings (SSSR count). The Morgan fingerprint density at radius 1 is 1.00 bits per heavy atom. The monoisotopic (exact) mass is 348 g/mol. The lowest BCUT2D eigenvalue weighted by Gasteiger charge is -2.47. The van der Waals surface area contributed by atoms with Gasteiger partial charge in [-0.05, 0) is 44.7 Å². The van der Waals surface area contributed by atoms with E-state index < -0.39 is 16.6 Å². The largest absolute Gasteiger partial charge is 0.412 e. The predicted octanol–water partition coefficient (Wildman–Crippen LogP) is 4.38. The second-order valence-electron chi connectivity index (χ2n) is 8.85. The lowest BCUT2D eigenvalue weighted by molar-refractivity contribution is -0.230. The molecule has 0 spiro atoms. The first-order chi connectivity index (χ1) is 9.77. The summed E-state index contributed by atoms with van der Waals surface area (Å²) in [6.07, 6.45) is 0.558. The average Bonchev–Trinajstić information content (AvgIpc) is 2.29. The second kappa shape index (κ2) is 7.03. The maximum atomic E-state index is 6.66. The summed E-state index contributed by atoms with van der Waals surface area (Å²) in [7, 11) is -1.83. The van der Waals surface area contributed by atoms with Crippen LogP contribution < -0.4 is 0 Å². The molecular formula is C16H36O4Si2. The summed E-state index contributed by atoms with van der Waals surface area (Å²) in [6.45, 7) is 20.1. The van der Waals surface area contributed by atoms with E-state index in [9.17, 15) is 0 Å². The Morgan fingerprint density at radius 2 is 1.55 bits per heavy atom. The molecule has 0 aromatic carbocycles. The van der Waals surface area contributed by atoms with Crippen molar-refractivity contribution in [3.8, 4) is 0 Å². The summed E-state index contributed by atoms with van der Waals surface area (Å²) in [6, 6.07) is 0. The molecule has 1 aliphatic heterocycles. The molecule has 1 aliphatic rings. The van der Waals surface area contributed by atoms with Crippen molar-refractivity contribution >= 4 is 16.6 Å². The van der Waals surface area contributed by atoms with E-state index in [4.69, 9.17) is 18.3 Å². The molecular weight excluding hydrogens is 312 g/mol. The van der Waals surface area contributed by atoms with Gasteiger partial charge >= 0.3 is 0 Å². The highest BCUT2D eigenvalue weighted by atomic mass is 28.4. The van der Waals surface area contributed by atoms with Gasteiger partial charge in [0.25, 0.3) is 0 Å². The Labute approximate surface area is 139 Å². The van der Waals surface area contributed by atoms with Crippen molar-refractivity contribution in [1.82, 2.24) is 0 Å². The van der Waals surface area contributed by atoms with Crippen LogP contribution in [-0.4, -0.2) is 48.3 Å². The van der Waals surface area contributed by atoms with Crippen molar-refractivity contribution in [3.63, 3.8) is 0 Å². The fourth-order valence-electron chi connectivity index (χ4n) is 2.41. The molecule has 4 atom stereocenters. The zero-order chi connectivity index (χ0) is 17.3. The number of hydrogen-bond donors (Lipinski definition) is 0. The van der Waals surface area contributed by atoms with Gasteiger partial charge < -0.3 is 18.3 Å². The van der Waals surface area contributed by atoms with E-state index in [1.165, 1.54) is 0 Å². The molecule has 0 aromatic rings. The summed E-state index contributed by atoms with van der Waals surface area (Å²) >= 11 is 0. The van der Waals surface area contributed by atoms with Gasteiger partial charge in [-0.1, -0.05) is 20.8 Å². The van der Waals surface area contributed by atoms with E-state index in [-0.39, 0.29) is 29.6 Å². The SMILES string of the molecule is CO[C@H]1C[C@@H](O[Si](C)(C)C)[C@@H](O[Si](C)(C)C(C)(C)C)[C@H](C)O1. The fourth-order valence-corrected chi connectivity index (χ4v) is 4.92. The average molecular weight is 349 g/mol. The van der Waals surface area contributed by atoms with E-state index >= 15 is 0 Å². The minimum atomic E-state index is -1.87. The first-order valence-electron chi connectivity index (χ1n) is 8.31. The molecule has 0 unspecified atom stereocenters. The summed E-state index contributed by atoms with van der Waals surface area (Å²) in [5, 5.41) is 0.175. The molecule has 0 bridgehead atoms. The first-order valence-corrected chi connectivity index (χ1v) is 14.6. The highest BCUT2D eigenvalue weighted by Gasteiger charge is 2.46. The summed E-state index contributed by atoms with van der Waals surface area (Å²) in [5.74, 6) is 0. The topological polar surface area (TPSA) is 36.9 Å². The fraction of sp³-hybridized carbons (Fsp3) is 1.00. The van der Waals surface area contributed by atoms with Crippen LogP contribution in [0.25, 0.3) is 0 Å². The number of hydrogen-bond acceptors (Lipinski definition) is 4. The van der Waals surface area contributed by atoms with Crippen molar-refractivity contribution in [2.24, 2.45) is 0 Å². The maximum Gasteiger partial charge on any atom is 0.192 e. The standard InChI is InChI=1S/C16H36O4Si2/c1-12-15(20-22(9,10)16(2,3)4)13(19-21(6,7)8)11-14(17-5)18-12/h12-15H,11H2,1-10H3/t12-,13+,14+,15-/m0/s1. The molecule has 0 aromatic heterocycles. The van der Waals surface area contributed by atoms with Crippen LogP contribution in [0.5, 0.6) is 0 Å². The molecule has 1 fully saturated rings. The number of rotatable bonds is 5. The molecule has 0 amide bonds. The zero-order valence-electron chi connectivity index (χ0n) is 16.1. The van der Waals surface area contributed by atoms with Crippen LogP contribution in [0.2, 0.25) is 37.8 Å². The van der Waals surface area contributed by atoms with Gasteiger partial charge in [0.05, 0.1) is 18.3 Å². The molecule has 4 nitrogen and oxygen atoms in total. The van der Waals surface area contributed by atoms with Crippen LogP contribution in [0.15, 0.2) is 0 Å². The number of methoxy groups -OCH3 is 1. The van der Waals surface area contributed by atoms with Crippen molar-refractivity contribution < 1.29 is 18.3 Å². The van der Waals surface area contributed by atoms with Gasteiger partial charge in [-0.15, -0.1) is 0 Å². The van der Waals surface area contributed by atoms with Crippen molar-refractivity contribution in [3.05, 3.63) is 0 Å². The summed E-state index contributed by atoms with van der Waals surface area (Å²) in [4.78, 5) is 0. The predicted molar refractivity (Wildman–Crippen MR) is 96.3 cm³/mol. The molecule has 1 saturated heterocycles. The minimum absolute atomic E-state index is 0.0148. The first kappa shape index (κ1) is 20.3. The van der Waals surface area contributed by atoms with Crippen LogP contribution >= 0.6 is 0 Å². The summed E-state index contributed by atoms with van der Waals surface area (Å²) in [5.41, 5.74) is 0. The molecule has 0 N–H and O–H groups in total. The highest BCUT2D eigenvalue weighted by Crippen LogP contribution is 2.40. The van der Waals surface area contributed by atoms with E-state index in [1.54, 1.807) is 7.11 Å². The van der Waals surface area contributed by atoms with Gasteiger partial charge in [0.1, 0.15) is 0 Å². The Morgan fingerprint density at radius 3 is 1.95 bits per heavy atom. The molecule has 132 valence electrons. The Hall–Kier alpha value is 0.274. The quantitative estimate of drug-likeness (QED) is 0.691. The van der Waals surface area contributed by atoms with Gasteiger partial charge in [-0.25, -0.2) is 0 Å².